The van der Waals surface area contributed by atoms with Gasteiger partial charge >= 0.3 is 11.8 Å². The van der Waals surface area contributed by atoms with Crippen LogP contribution in [0.2, 0.25) is 0 Å². The molecular weight excluding hydrogens is 282 g/mol. The number of hydrogen-bond donors (Lipinski definition) is 1. The van der Waals surface area contributed by atoms with E-state index >= 15 is 0 Å². The van der Waals surface area contributed by atoms with Crippen LogP contribution >= 0.6 is 0 Å². The summed E-state index contributed by atoms with van der Waals surface area (Å²) in [7, 11) is 0. The van der Waals surface area contributed by atoms with E-state index in [2.05, 4.69) is 19.2 Å². The minimum Gasteiger partial charge on any atom is -0.376 e. The van der Waals surface area contributed by atoms with Gasteiger partial charge in [-0.15, -0.1) is 0 Å². The lowest BCUT2D eigenvalue weighted by atomic mass is 9.83. The third kappa shape index (κ3) is 2.86. The van der Waals surface area contributed by atoms with E-state index in [1.165, 1.54) is 0 Å². The molecule has 2 amide bonds. The maximum atomic E-state index is 12.6. The zero-order valence-corrected chi connectivity index (χ0v) is 13.6. The van der Waals surface area contributed by atoms with Crippen molar-refractivity contribution in [1.82, 2.24) is 15.1 Å². The largest absolute Gasteiger partial charge is 0.376 e. The van der Waals surface area contributed by atoms with E-state index in [1.54, 1.807) is 9.80 Å². The van der Waals surface area contributed by atoms with Gasteiger partial charge in [0.2, 0.25) is 0 Å². The van der Waals surface area contributed by atoms with Gasteiger partial charge in [0, 0.05) is 44.7 Å². The lowest BCUT2D eigenvalue weighted by molar-refractivity contribution is -0.151. The molecule has 3 aliphatic heterocycles. The molecule has 3 saturated heterocycles. The molecule has 22 heavy (non-hydrogen) atoms. The molecule has 0 aromatic rings. The molecule has 0 aromatic heterocycles. The van der Waals surface area contributed by atoms with Crippen molar-refractivity contribution in [3.8, 4) is 0 Å². The Morgan fingerprint density at radius 2 is 2.05 bits per heavy atom. The van der Waals surface area contributed by atoms with Crippen molar-refractivity contribution >= 4 is 11.8 Å². The molecule has 1 unspecified atom stereocenters. The van der Waals surface area contributed by atoms with Gasteiger partial charge in [0.25, 0.3) is 0 Å². The summed E-state index contributed by atoms with van der Waals surface area (Å²) in [6, 6.07) is 0. The number of nitrogens with zero attached hydrogens (tertiary/aromatic N) is 2. The van der Waals surface area contributed by atoms with E-state index in [0.29, 0.717) is 38.7 Å². The summed E-state index contributed by atoms with van der Waals surface area (Å²) in [6.45, 7) is 9.26. The molecule has 3 rings (SSSR count). The van der Waals surface area contributed by atoms with Crippen molar-refractivity contribution < 1.29 is 14.3 Å². The van der Waals surface area contributed by atoms with E-state index in [4.69, 9.17) is 4.74 Å². The van der Waals surface area contributed by atoms with Crippen LogP contribution in [0.1, 0.15) is 26.7 Å². The SMILES string of the molecule is CCC1CCN(C(=O)C(=O)N2C[C@@H]3CNC[C@]3(C)C2)CCO1. The molecule has 0 aliphatic carbocycles. The molecule has 124 valence electrons. The smallest absolute Gasteiger partial charge is 0.312 e. The topological polar surface area (TPSA) is 61.9 Å². The predicted octanol–water partition coefficient (Wildman–Crippen LogP) is 0.0818. The molecule has 3 fully saturated rings. The molecule has 0 radical (unpaired) electrons. The summed E-state index contributed by atoms with van der Waals surface area (Å²) in [5.41, 5.74) is 0.130. The first kappa shape index (κ1) is 15.7. The van der Waals surface area contributed by atoms with Crippen molar-refractivity contribution in [3.05, 3.63) is 0 Å². The van der Waals surface area contributed by atoms with Gasteiger partial charge in [-0.2, -0.15) is 0 Å². The van der Waals surface area contributed by atoms with Gasteiger partial charge in [-0.3, -0.25) is 9.59 Å². The van der Waals surface area contributed by atoms with Crippen LogP contribution in [-0.2, 0) is 14.3 Å². The summed E-state index contributed by atoms with van der Waals surface area (Å²) >= 11 is 0. The first-order chi connectivity index (χ1) is 10.5. The lowest BCUT2D eigenvalue weighted by Gasteiger charge is -2.25. The fourth-order valence-electron chi connectivity index (χ4n) is 3.93. The number of nitrogens with one attached hydrogen (secondary N) is 1. The van der Waals surface area contributed by atoms with Crippen molar-refractivity contribution in [2.75, 3.05) is 45.9 Å². The standard InChI is InChI=1S/C16H27N3O3/c1-3-13-4-5-18(6-7-22-13)14(20)15(21)19-9-12-8-17-10-16(12,2)11-19/h12-13,17H,3-11H2,1-2H3/t12-,13?,16+/m0/s1. The van der Waals surface area contributed by atoms with E-state index in [0.717, 1.165) is 25.9 Å². The molecule has 0 saturated carbocycles. The molecule has 3 heterocycles. The van der Waals surface area contributed by atoms with Crippen LogP contribution < -0.4 is 5.32 Å². The van der Waals surface area contributed by atoms with E-state index in [1.807, 2.05) is 0 Å². The number of carbonyl (C=O) groups excluding carboxylic acids is 2. The van der Waals surface area contributed by atoms with Crippen LogP contribution in [0, 0.1) is 11.3 Å². The van der Waals surface area contributed by atoms with E-state index < -0.39 is 0 Å². The van der Waals surface area contributed by atoms with Crippen LogP contribution in [0.25, 0.3) is 0 Å². The van der Waals surface area contributed by atoms with Crippen LogP contribution in [0.4, 0.5) is 0 Å². The molecule has 6 nitrogen and oxygen atoms in total. The average Bonchev–Trinajstić information content (AvgIpc) is 2.90. The highest BCUT2D eigenvalue weighted by atomic mass is 16.5. The normalized spacial score (nSPS) is 35.4. The molecule has 6 heteroatoms. The number of fused-ring (bicyclic) bond motifs is 1. The summed E-state index contributed by atoms with van der Waals surface area (Å²) < 4.78 is 5.69. The Kier molecular flexibility index (Phi) is 4.41. The van der Waals surface area contributed by atoms with Gasteiger partial charge in [-0.05, 0) is 18.8 Å². The van der Waals surface area contributed by atoms with Gasteiger partial charge in [0.15, 0.2) is 0 Å². The first-order valence-corrected chi connectivity index (χ1v) is 8.44. The zero-order chi connectivity index (χ0) is 15.7. The predicted molar refractivity (Wildman–Crippen MR) is 82.3 cm³/mol. The highest BCUT2D eigenvalue weighted by molar-refractivity contribution is 6.35. The summed E-state index contributed by atoms with van der Waals surface area (Å²) in [5, 5.41) is 3.39. The van der Waals surface area contributed by atoms with E-state index in [-0.39, 0.29) is 23.3 Å². The summed E-state index contributed by atoms with van der Waals surface area (Å²) in [6.07, 6.45) is 1.98. The Hall–Kier alpha value is -1.14. The molecular formula is C16H27N3O3. The maximum absolute atomic E-state index is 12.6. The first-order valence-electron chi connectivity index (χ1n) is 8.44. The second-order valence-corrected chi connectivity index (χ2v) is 7.15. The Balaban J connectivity index is 1.59. The third-order valence-electron chi connectivity index (χ3n) is 5.55. The number of hydrogen-bond acceptors (Lipinski definition) is 4. The van der Waals surface area contributed by atoms with Crippen molar-refractivity contribution in [2.24, 2.45) is 11.3 Å². The fourth-order valence-corrected chi connectivity index (χ4v) is 3.93. The number of ether oxygens (including phenoxy) is 1. The Labute approximate surface area is 132 Å². The van der Waals surface area contributed by atoms with Crippen molar-refractivity contribution in [1.29, 1.82) is 0 Å². The number of rotatable bonds is 1. The van der Waals surface area contributed by atoms with Gasteiger partial charge in [0.05, 0.1) is 12.7 Å². The number of amides is 2. The lowest BCUT2D eigenvalue weighted by Crippen LogP contribution is -2.46. The van der Waals surface area contributed by atoms with Crippen molar-refractivity contribution in [2.45, 2.75) is 32.8 Å². The Bertz CT molecular complexity index is 456. The average molecular weight is 309 g/mol. The van der Waals surface area contributed by atoms with Crippen LogP contribution in [0.5, 0.6) is 0 Å². The number of carbonyl (C=O) groups is 2. The summed E-state index contributed by atoms with van der Waals surface area (Å²) in [4.78, 5) is 28.5. The molecule has 3 atom stereocenters. The second-order valence-electron chi connectivity index (χ2n) is 7.15. The van der Waals surface area contributed by atoms with E-state index in [9.17, 15) is 9.59 Å². The minimum absolute atomic E-state index is 0.130. The minimum atomic E-state index is -0.350. The Morgan fingerprint density at radius 1 is 1.27 bits per heavy atom. The fraction of sp³-hybridized carbons (Fsp3) is 0.875. The third-order valence-corrected chi connectivity index (χ3v) is 5.55. The molecule has 1 N–H and O–H groups in total. The van der Waals surface area contributed by atoms with Gasteiger partial charge < -0.3 is 19.9 Å². The monoisotopic (exact) mass is 309 g/mol. The quantitative estimate of drug-likeness (QED) is 0.697. The number of likely N-dealkylation sites (tertiary alicyclic amines) is 1. The van der Waals surface area contributed by atoms with Gasteiger partial charge in [-0.25, -0.2) is 0 Å². The van der Waals surface area contributed by atoms with Crippen LogP contribution in [-0.4, -0.2) is 73.6 Å². The molecule has 0 spiro atoms. The van der Waals surface area contributed by atoms with Crippen LogP contribution in [0.15, 0.2) is 0 Å². The molecule has 3 aliphatic rings. The highest BCUT2D eigenvalue weighted by Gasteiger charge is 2.48. The zero-order valence-electron chi connectivity index (χ0n) is 13.6. The molecule has 0 aromatic carbocycles. The summed E-state index contributed by atoms with van der Waals surface area (Å²) in [5.74, 6) is -0.205. The van der Waals surface area contributed by atoms with Crippen LogP contribution in [0.3, 0.4) is 0 Å². The van der Waals surface area contributed by atoms with Gasteiger partial charge in [-0.1, -0.05) is 13.8 Å². The Morgan fingerprint density at radius 3 is 2.77 bits per heavy atom. The molecule has 0 bridgehead atoms. The highest BCUT2D eigenvalue weighted by Crippen LogP contribution is 2.38. The maximum Gasteiger partial charge on any atom is 0.312 e. The van der Waals surface area contributed by atoms with Gasteiger partial charge in [0.1, 0.15) is 0 Å². The second kappa shape index (κ2) is 6.16. The van der Waals surface area contributed by atoms with Crippen molar-refractivity contribution in [3.63, 3.8) is 0 Å².